The average Bonchev–Trinajstić information content (AvgIpc) is 3.58. The van der Waals surface area contributed by atoms with Crippen molar-refractivity contribution in [1.82, 2.24) is 9.88 Å². The first-order valence-electron chi connectivity index (χ1n) is 9.70. The smallest absolute Gasteiger partial charge is 0.254 e. The molecule has 142 valence electrons. The van der Waals surface area contributed by atoms with E-state index in [1.807, 2.05) is 65.6 Å². The molecule has 4 rings (SSSR count). The molecule has 1 fully saturated rings. The van der Waals surface area contributed by atoms with Gasteiger partial charge in [0.25, 0.3) is 5.91 Å². The molecule has 1 heterocycles. The molecule has 0 radical (unpaired) electrons. The van der Waals surface area contributed by atoms with Crippen LogP contribution in [-0.2, 0) is 6.54 Å². The van der Waals surface area contributed by atoms with Crippen LogP contribution in [0.1, 0.15) is 47.4 Å². The third kappa shape index (κ3) is 4.12. The van der Waals surface area contributed by atoms with Crippen LogP contribution >= 0.6 is 0 Å². The number of nitrogens with zero attached hydrogens (tertiary/aromatic N) is 2. The van der Waals surface area contributed by atoms with Gasteiger partial charge in [0, 0.05) is 30.5 Å². The highest BCUT2D eigenvalue weighted by atomic mass is 16.3. The number of hydrogen-bond acceptors (Lipinski definition) is 3. The Morgan fingerprint density at radius 3 is 2.43 bits per heavy atom. The number of aliphatic hydroxyl groups excluding tert-OH is 1. The van der Waals surface area contributed by atoms with E-state index in [0.29, 0.717) is 18.2 Å². The average molecular weight is 372 g/mol. The Kier molecular flexibility index (Phi) is 5.22. The number of rotatable bonds is 6. The van der Waals surface area contributed by atoms with Crippen molar-refractivity contribution in [2.75, 3.05) is 0 Å². The van der Waals surface area contributed by atoms with Gasteiger partial charge in [-0.2, -0.15) is 0 Å². The largest absolute Gasteiger partial charge is 0.389 e. The first-order chi connectivity index (χ1) is 13.6. The molecule has 1 atom stereocenters. The highest BCUT2D eigenvalue weighted by molar-refractivity contribution is 5.95. The van der Waals surface area contributed by atoms with Crippen molar-refractivity contribution in [3.63, 3.8) is 0 Å². The molecular formula is C24H24N2O2. The van der Waals surface area contributed by atoms with Gasteiger partial charge < -0.3 is 10.0 Å². The van der Waals surface area contributed by atoms with Crippen LogP contribution < -0.4 is 0 Å². The summed E-state index contributed by atoms with van der Waals surface area (Å²) < 4.78 is 0. The van der Waals surface area contributed by atoms with Crippen molar-refractivity contribution in [3.05, 3.63) is 89.7 Å². The number of amides is 1. The van der Waals surface area contributed by atoms with Crippen LogP contribution in [0.15, 0.2) is 73.1 Å². The standard InChI is InChI=1S/C24H24N2O2/c1-17(27)21-3-2-4-22(15-21)19-5-7-20(8-6-19)24(28)26(23-9-10-23)16-18-11-13-25-14-12-18/h2-8,11-15,17,23,27H,9-10,16H2,1H3/t17-/m0/s1. The number of carbonyl (C=O) groups is 1. The molecule has 0 saturated heterocycles. The molecule has 1 aliphatic carbocycles. The maximum absolute atomic E-state index is 13.1. The fourth-order valence-corrected chi connectivity index (χ4v) is 3.39. The van der Waals surface area contributed by atoms with Crippen LogP contribution in [0.3, 0.4) is 0 Å². The molecule has 1 aliphatic rings. The Morgan fingerprint density at radius 1 is 1.07 bits per heavy atom. The van der Waals surface area contributed by atoms with E-state index in [1.165, 1.54) is 0 Å². The fourth-order valence-electron chi connectivity index (χ4n) is 3.39. The van der Waals surface area contributed by atoms with Crippen LogP contribution in [0.5, 0.6) is 0 Å². The fraction of sp³-hybridized carbons (Fsp3) is 0.250. The summed E-state index contributed by atoms with van der Waals surface area (Å²) in [6.45, 7) is 2.38. The summed E-state index contributed by atoms with van der Waals surface area (Å²) in [5, 5.41) is 9.80. The second-order valence-corrected chi connectivity index (χ2v) is 7.40. The van der Waals surface area contributed by atoms with E-state index in [9.17, 15) is 9.90 Å². The van der Waals surface area contributed by atoms with E-state index < -0.39 is 6.10 Å². The molecule has 0 bridgehead atoms. The summed E-state index contributed by atoms with van der Waals surface area (Å²) in [7, 11) is 0. The number of aromatic nitrogens is 1. The summed E-state index contributed by atoms with van der Waals surface area (Å²) in [4.78, 5) is 19.1. The molecule has 2 aromatic carbocycles. The molecule has 1 saturated carbocycles. The lowest BCUT2D eigenvalue weighted by Crippen LogP contribution is -2.32. The molecule has 1 N–H and O–H groups in total. The van der Waals surface area contributed by atoms with Gasteiger partial charge in [-0.15, -0.1) is 0 Å². The maximum atomic E-state index is 13.1. The molecular weight excluding hydrogens is 348 g/mol. The molecule has 28 heavy (non-hydrogen) atoms. The molecule has 1 aromatic heterocycles. The van der Waals surface area contributed by atoms with Gasteiger partial charge in [0.1, 0.15) is 0 Å². The predicted molar refractivity (Wildman–Crippen MR) is 110 cm³/mol. The Labute approximate surface area is 165 Å². The lowest BCUT2D eigenvalue weighted by molar-refractivity contribution is 0.0730. The van der Waals surface area contributed by atoms with Gasteiger partial charge in [0.2, 0.25) is 0 Å². The summed E-state index contributed by atoms with van der Waals surface area (Å²) in [6.07, 6.45) is 5.17. The Hall–Kier alpha value is -2.98. The SMILES string of the molecule is C[C@H](O)c1cccc(-c2ccc(C(=O)N(Cc3ccncc3)C3CC3)cc2)c1. The maximum Gasteiger partial charge on any atom is 0.254 e. The molecule has 0 unspecified atom stereocenters. The number of carbonyl (C=O) groups excluding carboxylic acids is 1. The van der Waals surface area contributed by atoms with E-state index in [4.69, 9.17) is 0 Å². The number of pyridine rings is 1. The zero-order valence-corrected chi connectivity index (χ0v) is 16.0. The molecule has 0 aliphatic heterocycles. The van der Waals surface area contributed by atoms with Gasteiger partial charge in [0.05, 0.1) is 6.10 Å². The van der Waals surface area contributed by atoms with Gasteiger partial charge >= 0.3 is 0 Å². The van der Waals surface area contributed by atoms with Gasteiger partial charge in [-0.1, -0.05) is 30.3 Å². The first kappa shape index (κ1) is 18.4. The minimum absolute atomic E-state index is 0.0728. The minimum Gasteiger partial charge on any atom is -0.389 e. The number of benzene rings is 2. The number of hydrogen-bond donors (Lipinski definition) is 1. The quantitative estimate of drug-likeness (QED) is 0.688. The van der Waals surface area contributed by atoms with Crippen molar-refractivity contribution in [3.8, 4) is 11.1 Å². The van der Waals surface area contributed by atoms with E-state index in [2.05, 4.69) is 4.98 Å². The normalized spacial score (nSPS) is 14.5. The summed E-state index contributed by atoms with van der Waals surface area (Å²) in [5.41, 5.74) is 4.76. The van der Waals surface area contributed by atoms with E-state index >= 15 is 0 Å². The monoisotopic (exact) mass is 372 g/mol. The molecule has 1 amide bonds. The highest BCUT2D eigenvalue weighted by Gasteiger charge is 2.33. The molecule has 4 nitrogen and oxygen atoms in total. The third-order valence-corrected chi connectivity index (χ3v) is 5.18. The van der Waals surface area contributed by atoms with Gasteiger partial charge in [0.15, 0.2) is 0 Å². The summed E-state index contributed by atoms with van der Waals surface area (Å²) in [6, 6.07) is 19.9. The minimum atomic E-state index is -0.499. The van der Waals surface area contributed by atoms with Crippen molar-refractivity contribution in [2.45, 2.75) is 38.5 Å². The van der Waals surface area contributed by atoms with E-state index in [-0.39, 0.29) is 5.91 Å². The molecule has 0 spiro atoms. The third-order valence-electron chi connectivity index (χ3n) is 5.18. The van der Waals surface area contributed by atoms with Crippen molar-refractivity contribution < 1.29 is 9.90 Å². The molecule has 3 aromatic rings. The number of aliphatic hydroxyl groups is 1. The predicted octanol–water partition coefficient (Wildman–Crippen LogP) is 4.61. The van der Waals surface area contributed by atoms with Crippen LogP contribution in [-0.4, -0.2) is 26.9 Å². The van der Waals surface area contributed by atoms with E-state index in [1.54, 1.807) is 19.3 Å². The van der Waals surface area contributed by atoms with Crippen molar-refractivity contribution in [2.24, 2.45) is 0 Å². The lowest BCUT2D eigenvalue weighted by Gasteiger charge is -2.23. The zero-order valence-electron chi connectivity index (χ0n) is 16.0. The second-order valence-electron chi connectivity index (χ2n) is 7.40. The van der Waals surface area contributed by atoms with Gasteiger partial charge in [-0.05, 0) is 72.4 Å². The first-order valence-corrected chi connectivity index (χ1v) is 9.70. The lowest BCUT2D eigenvalue weighted by atomic mass is 10.00. The summed E-state index contributed by atoms with van der Waals surface area (Å²) in [5.74, 6) is 0.0728. The van der Waals surface area contributed by atoms with Crippen LogP contribution in [0.4, 0.5) is 0 Å². The van der Waals surface area contributed by atoms with Crippen molar-refractivity contribution >= 4 is 5.91 Å². The Morgan fingerprint density at radius 2 is 1.79 bits per heavy atom. The van der Waals surface area contributed by atoms with E-state index in [0.717, 1.165) is 35.1 Å². The zero-order chi connectivity index (χ0) is 19.5. The van der Waals surface area contributed by atoms with Crippen molar-refractivity contribution in [1.29, 1.82) is 0 Å². The van der Waals surface area contributed by atoms with Crippen LogP contribution in [0.25, 0.3) is 11.1 Å². The molecule has 4 heteroatoms. The van der Waals surface area contributed by atoms with Gasteiger partial charge in [-0.25, -0.2) is 0 Å². The Bertz CT molecular complexity index is 948. The topological polar surface area (TPSA) is 53.4 Å². The van der Waals surface area contributed by atoms with Crippen LogP contribution in [0, 0.1) is 0 Å². The van der Waals surface area contributed by atoms with Crippen LogP contribution in [0.2, 0.25) is 0 Å². The highest BCUT2D eigenvalue weighted by Crippen LogP contribution is 2.30. The van der Waals surface area contributed by atoms with Gasteiger partial charge in [-0.3, -0.25) is 9.78 Å². The second kappa shape index (κ2) is 7.95. The summed E-state index contributed by atoms with van der Waals surface area (Å²) >= 11 is 0. The Balaban J connectivity index is 1.54.